The summed E-state index contributed by atoms with van der Waals surface area (Å²) in [4.78, 5) is 16.2. The number of carbonyl (C=O) groups is 1. The Bertz CT molecular complexity index is 411. The van der Waals surface area contributed by atoms with Gasteiger partial charge in [-0.1, -0.05) is 19.9 Å². The molecule has 0 aliphatic rings. The molecule has 0 aromatic carbocycles. The third kappa shape index (κ3) is 3.41. The fourth-order valence-electron chi connectivity index (χ4n) is 1.57. The largest absolute Gasteiger partial charge is 0.386 e. The molecule has 3 nitrogen and oxygen atoms in total. The molecule has 0 saturated carbocycles. The number of anilines is 1. The standard InChI is InChI=1S/C14H20N2O/c1-5-6-7-11-8-12(15-4)13(16-9-11)14(17)10(2)3/h5,8-10,15H,1,6-7H2,2-4H3. The van der Waals surface area contributed by atoms with Gasteiger partial charge in [-0.15, -0.1) is 6.58 Å². The number of aromatic nitrogens is 1. The molecule has 1 rings (SSSR count). The third-order valence-electron chi connectivity index (χ3n) is 2.61. The number of Topliss-reactive ketones (excluding diaryl/α,β-unsaturated/α-hetero) is 1. The van der Waals surface area contributed by atoms with Crippen LogP contribution >= 0.6 is 0 Å². The summed E-state index contributed by atoms with van der Waals surface area (Å²) in [6, 6.07) is 1.99. The first-order valence-electron chi connectivity index (χ1n) is 5.92. The van der Waals surface area contributed by atoms with E-state index in [0.29, 0.717) is 5.69 Å². The molecule has 0 unspecified atom stereocenters. The van der Waals surface area contributed by atoms with Gasteiger partial charge in [0.05, 0.1) is 5.69 Å². The van der Waals surface area contributed by atoms with Gasteiger partial charge in [-0.3, -0.25) is 9.78 Å². The van der Waals surface area contributed by atoms with E-state index in [2.05, 4.69) is 16.9 Å². The lowest BCUT2D eigenvalue weighted by Crippen LogP contribution is -2.13. The number of hydrogen-bond acceptors (Lipinski definition) is 3. The van der Waals surface area contributed by atoms with E-state index in [1.165, 1.54) is 0 Å². The van der Waals surface area contributed by atoms with Gasteiger partial charge >= 0.3 is 0 Å². The van der Waals surface area contributed by atoms with Crippen LogP contribution < -0.4 is 5.32 Å². The lowest BCUT2D eigenvalue weighted by molar-refractivity contribution is 0.0935. The van der Waals surface area contributed by atoms with Crippen molar-refractivity contribution in [2.24, 2.45) is 5.92 Å². The van der Waals surface area contributed by atoms with Crippen LogP contribution in [0.5, 0.6) is 0 Å². The van der Waals surface area contributed by atoms with Crippen molar-refractivity contribution in [2.75, 3.05) is 12.4 Å². The van der Waals surface area contributed by atoms with E-state index >= 15 is 0 Å². The summed E-state index contributed by atoms with van der Waals surface area (Å²) >= 11 is 0. The molecular formula is C14H20N2O. The van der Waals surface area contributed by atoms with Crippen LogP contribution in [0.2, 0.25) is 0 Å². The number of aryl methyl sites for hydroxylation is 1. The fourth-order valence-corrected chi connectivity index (χ4v) is 1.57. The SMILES string of the molecule is C=CCCc1cnc(C(=O)C(C)C)c(NC)c1. The van der Waals surface area contributed by atoms with Crippen molar-refractivity contribution >= 4 is 11.5 Å². The van der Waals surface area contributed by atoms with Crippen LogP contribution in [-0.2, 0) is 6.42 Å². The number of hydrogen-bond donors (Lipinski definition) is 1. The maximum absolute atomic E-state index is 11.9. The molecule has 0 spiro atoms. The predicted octanol–water partition coefficient (Wildman–Crippen LogP) is 3.08. The van der Waals surface area contributed by atoms with E-state index < -0.39 is 0 Å². The Balaban J connectivity index is 3.00. The molecule has 0 radical (unpaired) electrons. The second kappa shape index (κ2) is 6.18. The number of allylic oxidation sites excluding steroid dienone is 1. The van der Waals surface area contributed by atoms with Crippen molar-refractivity contribution in [3.8, 4) is 0 Å². The van der Waals surface area contributed by atoms with E-state index in [0.717, 1.165) is 24.1 Å². The van der Waals surface area contributed by atoms with Crippen LogP contribution in [0.4, 0.5) is 5.69 Å². The molecule has 0 bridgehead atoms. The second-order valence-electron chi connectivity index (χ2n) is 4.34. The lowest BCUT2D eigenvalue weighted by Gasteiger charge is -2.11. The summed E-state index contributed by atoms with van der Waals surface area (Å²) < 4.78 is 0. The number of nitrogens with zero attached hydrogens (tertiary/aromatic N) is 1. The highest BCUT2D eigenvalue weighted by Crippen LogP contribution is 2.19. The average Bonchev–Trinajstić information content (AvgIpc) is 2.34. The Hall–Kier alpha value is -1.64. The van der Waals surface area contributed by atoms with Crippen LogP contribution in [0.25, 0.3) is 0 Å². The van der Waals surface area contributed by atoms with Gasteiger partial charge in [0.2, 0.25) is 0 Å². The minimum atomic E-state index is -0.0337. The molecule has 0 atom stereocenters. The van der Waals surface area contributed by atoms with Crippen LogP contribution in [0.15, 0.2) is 24.9 Å². The summed E-state index contributed by atoms with van der Waals surface area (Å²) in [5.41, 5.74) is 2.46. The van der Waals surface area contributed by atoms with Gasteiger partial charge < -0.3 is 5.32 Å². The molecule has 0 saturated heterocycles. The first kappa shape index (κ1) is 13.4. The molecule has 0 fully saturated rings. The van der Waals surface area contributed by atoms with E-state index in [1.807, 2.05) is 33.0 Å². The van der Waals surface area contributed by atoms with Crippen LogP contribution in [-0.4, -0.2) is 17.8 Å². The van der Waals surface area contributed by atoms with E-state index in [9.17, 15) is 4.79 Å². The highest BCUT2D eigenvalue weighted by Gasteiger charge is 2.16. The smallest absolute Gasteiger partial charge is 0.185 e. The summed E-state index contributed by atoms with van der Waals surface area (Å²) in [7, 11) is 1.81. The van der Waals surface area contributed by atoms with Gasteiger partial charge in [-0.25, -0.2) is 0 Å². The predicted molar refractivity (Wildman–Crippen MR) is 71.5 cm³/mol. The monoisotopic (exact) mass is 232 g/mol. The zero-order valence-electron chi connectivity index (χ0n) is 10.8. The molecular weight excluding hydrogens is 212 g/mol. The maximum atomic E-state index is 11.9. The Morgan fingerprint density at radius 2 is 2.29 bits per heavy atom. The maximum Gasteiger partial charge on any atom is 0.185 e. The van der Waals surface area contributed by atoms with Crippen LogP contribution in [0, 0.1) is 5.92 Å². The first-order valence-corrected chi connectivity index (χ1v) is 5.92. The molecule has 92 valence electrons. The number of rotatable bonds is 6. The van der Waals surface area contributed by atoms with Crippen molar-refractivity contribution in [2.45, 2.75) is 26.7 Å². The summed E-state index contributed by atoms with van der Waals surface area (Å²) in [5, 5.41) is 3.04. The molecule has 0 aliphatic carbocycles. The van der Waals surface area contributed by atoms with E-state index in [-0.39, 0.29) is 11.7 Å². The lowest BCUT2D eigenvalue weighted by atomic mass is 10.0. The summed E-state index contributed by atoms with van der Waals surface area (Å²) in [6.45, 7) is 7.47. The second-order valence-corrected chi connectivity index (χ2v) is 4.34. The summed E-state index contributed by atoms with van der Waals surface area (Å²) in [5.74, 6) is 0.0400. The van der Waals surface area contributed by atoms with Crippen LogP contribution in [0.3, 0.4) is 0 Å². The van der Waals surface area contributed by atoms with Gasteiger partial charge in [0, 0.05) is 19.2 Å². The van der Waals surface area contributed by atoms with Crippen molar-refractivity contribution in [1.82, 2.24) is 4.98 Å². The molecule has 0 amide bonds. The molecule has 1 aromatic rings. The number of ketones is 1. The highest BCUT2D eigenvalue weighted by molar-refractivity contribution is 6.00. The zero-order chi connectivity index (χ0) is 12.8. The van der Waals surface area contributed by atoms with Gasteiger partial charge in [-0.2, -0.15) is 0 Å². The Kier molecular flexibility index (Phi) is 4.88. The third-order valence-corrected chi connectivity index (χ3v) is 2.61. The normalized spacial score (nSPS) is 10.4. The van der Waals surface area contributed by atoms with E-state index in [4.69, 9.17) is 0 Å². The van der Waals surface area contributed by atoms with Gasteiger partial charge in [-0.05, 0) is 24.5 Å². The average molecular weight is 232 g/mol. The highest BCUT2D eigenvalue weighted by atomic mass is 16.1. The van der Waals surface area contributed by atoms with Crippen molar-refractivity contribution in [3.63, 3.8) is 0 Å². The molecule has 0 aliphatic heterocycles. The van der Waals surface area contributed by atoms with Crippen molar-refractivity contribution in [3.05, 3.63) is 36.2 Å². The van der Waals surface area contributed by atoms with Gasteiger partial charge in [0.15, 0.2) is 5.78 Å². The molecule has 1 aromatic heterocycles. The Labute approximate surface area is 103 Å². The van der Waals surface area contributed by atoms with E-state index in [1.54, 1.807) is 6.20 Å². The minimum Gasteiger partial charge on any atom is -0.386 e. The molecule has 1 heterocycles. The number of nitrogens with one attached hydrogen (secondary N) is 1. The quantitative estimate of drug-likeness (QED) is 0.605. The Morgan fingerprint density at radius 3 is 2.82 bits per heavy atom. The minimum absolute atomic E-state index is 0.0337. The zero-order valence-corrected chi connectivity index (χ0v) is 10.8. The van der Waals surface area contributed by atoms with Crippen molar-refractivity contribution < 1.29 is 4.79 Å². The molecule has 1 N–H and O–H groups in total. The van der Waals surface area contributed by atoms with Gasteiger partial charge in [0.25, 0.3) is 0 Å². The fraction of sp³-hybridized carbons (Fsp3) is 0.429. The number of pyridine rings is 1. The van der Waals surface area contributed by atoms with Crippen LogP contribution in [0.1, 0.15) is 36.3 Å². The van der Waals surface area contributed by atoms with Crippen molar-refractivity contribution in [1.29, 1.82) is 0 Å². The Morgan fingerprint density at radius 1 is 1.59 bits per heavy atom. The molecule has 17 heavy (non-hydrogen) atoms. The molecule has 3 heteroatoms. The first-order chi connectivity index (χ1) is 8.10. The number of carbonyl (C=O) groups excluding carboxylic acids is 1. The summed E-state index contributed by atoms with van der Waals surface area (Å²) in [6.07, 6.45) is 5.48. The topological polar surface area (TPSA) is 42.0 Å². The van der Waals surface area contributed by atoms with Gasteiger partial charge in [0.1, 0.15) is 5.69 Å².